The maximum Gasteiger partial charge on any atom is 0.0991 e. The smallest absolute Gasteiger partial charge is 0.0991 e. The van der Waals surface area contributed by atoms with Crippen LogP contribution in [0.1, 0.15) is 23.6 Å². The minimum Gasteiger partial charge on any atom is -0.310 e. The van der Waals surface area contributed by atoms with E-state index in [1.807, 2.05) is 24.3 Å². The van der Waals surface area contributed by atoms with E-state index in [-0.39, 0.29) is 0 Å². The van der Waals surface area contributed by atoms with Crippen molar-refractivity contribution < 1.29 is 0 Å². The molecule has 1 aliphatic heterocycles. The molecule has 2 heteroatoms. The zero-order valence-electron chi connectivity index (χ0n) is 6.75. The Bertz CT molecular complexity index is 304. The number of hydrogen-bond donors (Lipinski definition) is 1. The Balaban J connectivity index is 2.19. The van der Waals surface area contributed by atoms with Gasteiger partial charge in [0.25, 0.3) is 0 Å². The second-order valence-electron chi connectivity index (χ2n) is 3.03. The van der Waals surface area contributed by atoms with E-state index in [0.29, 0.717) is 6.04 Å². The second kappa shape index (κ2) is 2.96. The van der Waals surface area contributed by atoms with E-state index in [4.69, 9.17) is 5.26 Å². The normalized spacial score (nSPS) is 21.1. The Morgan fingerprint density at radius 3 is 2.42 bits per heavy atom. The van der Waals surface area contributed by atoms with Gasteiger partial charge in [-0.05, 0) is 30.7 Å². The molecule has 0 radical (unpaired) electrons. The molecule has 0 bridgehead atoms. The fourth-order valence-electron chi connectivity index (χ4n) is 1.36. The van der Waals surface area contributed by atoms with Crippen molar-refractivity contribution in [2.75, 3.05) is 6.54 Å². The molecule has 1 atom stereocenters. The van der Waals surface area contributed by atoms with Crippen LogP contribution < -0.4 is 5.32 Å². The molecule has 1 saturated heterocycles. The molecule has 60 valence electrons. The van der Waals surface area contributed by atoms with Crippen molar-refractivity contribution in [1.82, 2.24) is 5.32 Å². The Morgan fingerprint density at radius 2 is 2.00 bits per heavy atom. The van der Waals surface area contributed by atoms with Crippen molar-refractivity contribution in [2.24, 2.45) is 0 Å². The first-order chi connectivity index (χ1) is 5.90. The average Bonchev–Trinajstić information content (AvgIpc) is 2.03. The molecule has 0 amide bonds. The highest BCUT2D eigenvalue weighted by Crippen LogP contribution is 2.22. The summed E-state index contributed by atoms with van der Waals surface area (Å²) in [5.41, 5.74) is 2.03. The van der Waals surface area contributed by atoms with E-state index >= 15 is 0 Å². The Hall–Kier alpha value is -1.33. The molecular weight excluding hydrogens is 148 g/mol. The summed E-state index contributed by atoms with van der Waals surface area (Å²) < 4.78 is 0. The van der Waals surface area contributed by atoms with Crippen molar-refractivity contribution in [3.05, 3.63) is 35.4 Å². The number of rotatable bonds is 1. The van der Waals surface area contributed by atoms with Gasteiger partial charge in [-0.3, -0.25) is 0 Å². The molecule has 0 unspecified atom stereocenters. The summed E-state index contributed by atoms with van der Waals surface area (Å²) in [5, 5.41) is 11.9. The molecule has 0 saturated carbocycles. The van der Waals surface area contributed by atoms with Crippen LogP contribution in [0.3, 0.4) is 0 Å². The van der Waals surface area contributed by atoms with Crippen molar-refractivity contribution in [3.8, 4) is 6.07 Å². The van der Waals surface area contributed by atoms with Gasteiger partial charge in [0.15, 0.2) is 0 Å². The average molecular weight is 158 g/mol. The first-order valence-corrected chi connectivity index (χ1v) is 4.13. The third-order valence-electron chi connectivity index (χ3n) is 2.27. The van der Waals surface area contributed by atoms with Crippen LogP contribution in [0.4, 0.5) is 0 Å². The topological polar surface area (TPSA) is 35.8 Å². The van der Waals surface area contributed by atoms with Crippen LogP contribution in [0.5, 0.6) is 0 Å². The SMILES string of the molecule is N#Cc1ccc([C@@H]2CCN2)cc1. The summed E-state index contributed by atoms with van der Waals surface area (Å²) in [6.45, 7) is 1.12. The van der Waals surface area contributed by atoms with Gasteiger partial charge in [0.1, 0.15) is 0 Å². The van der Waals surface area contributed by atoms with Crippen LogP contribution in [0.2, 0.25) is 0 Å². The van der Waals surface area contributed by atoms with Gasteiger partial charge in [-0.15, -0.1) is 0 Å². The van der Waals surface area contributed by atoms with Crippen LogP contribution in [0.15, 0.2) is 24.3 Å². The predicted octanol–water partition coefficient (Wildman–Crippen LogP) is 1.59. The van der Waals surface area contributed by atoms with Crippen molar-refractivity contribution in [1.29, 1.82) is 5.26 Å². The van der Waals surface area contributed by atoms with Gasteiger partial charge in [-0.25, -0.2) is 0 Å². The quantitative estimate of drug-likeness (QED) is 0.673. The molecular formula is C10H10N2. The summed E-state index contributed by atoms with van der Waals surface area (Å²) in [7, 11) is 0. The molecule has 1 aliphatic rings. The standard InChI is InChI=1S/C10H10N2/c11-7-8-1-3-9(4-2-8)10-5-6-12-10/h1-4,10,12H,5-6H2/t10-/m0/s1. The lowest BCUT2D eigenvalue weighted by molar-refractivity contribution is 0.383. The predicted molar refractivity (Wildman–Crippen MR) is 46.5 cm³/mol. The highest BCUT2D eigenvalue weighted by Gasteiger charge is 2.17. The molecule has 1 aromatic carbocycles. The number of hydrogen-bond acceptors (Lipinski definition) is 2. The van der Waals surface area contributed by atoms with Gasteiger partial charge >= 0.3 is 0 Å². The van der Waals surface area contributed by atoms with Crippen LogP contribution in [-0.4, -0.2) is 6.54 Å². The van der Waals surface area contributed by atoms with Crippen molar-refractivity contribution in [3.63, 3.8) is 0 Å². The zero-order chi connectivity index (χ0) is 8.39. The number of nitrogens with one attached hydrogen (secondary N) is 1. The van der Waals surface area contributed by atoms with Gasteiger partial charge < -0.3 is 5.32 Å². The fraction of sp³-hybridized carbons (Fsp3) is 0.300. The molecule has 1 heterocycles. The molecule has 1 N–H and O–H groups in total. The summed E-state index contributed by atoms with van der Waals surface area (Å²) in [5.74, 6) is 0. The number of benzene rings is 1. The summed E-state index contributed by atoms with van der Waals surface area (Å²) in [6.07, 6.45) is 1.21. The van der Waals surface area contributed by atoms with Gasteiger partial charge in [0.2, 0.25) is 0 Å². The summed E-state index contributed by atoms with van der Waals surface area (Å²) >= 11 is 0. The molecule has 1 fully saturated rings. The summed E-state index contributed by atoms with van der Waals surface area (Å²) in [4.78, 5) is 0. The lowest BCUT2D eigenvalue weighted by atomic mass is 9.97. The highest BCUT2D eigenvalue weighted by molar-refractivity contribution is 5.33. The Kier molecular flexibility index (Phi) is 1.81. The van der Waals surface area contributed by atoms with Gasteiger partial charge in [0, 0.05) is 6.04 Å². The fourth-order valence-corrected chi connectivity index (χ4v) is 1.36. The molecule has 0 aliphatic carbocycles. The summed E-state index contributed by atoms with van der Waals surface area (Å²) in [6, 6.07) is 10.4. The van der Waals surface area contributed by atoms with E-state index in [1.54, 1.807) is 0 Å². The van der Waals surface area contributed by atoms with E-state index in [1.165, 1.54) is 12.0 Å². The van der Waals surface area contributed by atoms with Gasteiger partial charge in [-0.2, -0.15) is 5.26 Å². The zero-order valence-corrected chi connectivity index (χ0v) is 6.75. The van der Waals surface area contributed by atoms with E-state index < -0.39 is 0 Å². The Labute approximate surface area is 71.8 Å². The minimum absolute atomic E-state index is 0.526. The first kappa shape index (κ1) is 7.33. The van der Waals surface area contributed by atoms with E-state index in [0.717, 1.165) is 12.1 Å². The lowest BCUT2D eigenvalue weighted by Crippen LogP contribution is -2.34. The third-order valence-corrected chi connectivity index (χ3v) is 2.27. The van der Waals surface area contributed by atoms with Gasteiger partial charge in [0.05, 0.1) is 11.6 Å². The van der Waals surface area contributed by atoms with Crippen LogP contribution in [0.25, 0.3) is 0 Å². The molecule has 1 aromatic rings. The monoisotopic (exact) mass is 158 g/mol. The van der Waals surface area contributed by atoms with Crippen LogP contribution in [0, 0.1) is 11.3 Å². The number of nitriles is 1. The molecule has 0 aromatic heterocycles. The molecule has 2 rings (SSSR count). The maximum absolute atomic E-state index is 8.57. The second-order valence-corrected chi connectivity index (χ2v) is 3.03. The van der Waals surface area contributed by atoms with Gasteiger partial charge in [-0.1, -0.05) is 12.1 Å². The number of nitrogens with zero attached hydrogens (tertiary/aromatic N) is 1. The first-order valence-electron chi connectivity index (χ1n) is 4.13. The van der Waals surface area contributed by atoms with Crippen molar-refractivity contribution >= 4 is 0 Å². The molecule has 12 heavy (non-hydrogen) atoms. The van der Waals surface area contributed by atoms with Crippen LogP contribution in [-0.2, 0) is 0 Å². The third kappa shape index (κ3) is 1.19. The van der Waals surface area contributed by atoms with E-state index in [9.17, 15) is 0 Å². The van der Waals surface area contributed by atoms with Crippen molar-refractivity contribution in [2.45, 2.75) is 12.5 Å². The highest BCUT2D eigenvalue weighted by atomic mass is 15.0. The lowest BCUT2D eigenvalue weighted by Gasteiger charge is -2.27. The largest absolute Gasteiger partial charge is 0.310 e. The minimum atomic E-state index is 0.526. The molecule has 0 spiro atoms. The van der Waals surface area contributed by atoms with Crippen LogP contribution >= 0.6 is 0 Å². The molecule has 2 nitrogen and oxygen atoms in total. The Morgan fingerprint density at radius 1 is 1.33 bits per heavy atom. The maximum atomic E-state index is 8.57. The van der Waals surface area contributed by atoms with E-state index in [2.05, 4.69) is 11.4 Å².